The fourth-order valence-corrected chi connectivity index (χ4v) is 2.99. The summed E-state index contributed by atoms with van der Waals surface area (Å²) in [6, 6.07) is 1.75. The molecule has 0 atom stereocenters. The lowest BCUT2D eigenvalue weighted by atomic mass is 10.3. The summed E-state index contributed by atoms with van der Waals surface area (Å²) < 4.78 is 0. The van der Waals surface area contributed by atoms with Crippen molar-refractivity contribution < 1.29 is 9.90 Å². The Hall–Kier alpha value is -1.68. The fraction of sp³-hybridized carbons (Fsp3) is 0.286. The molecule has 0 aliphatic carbocycles. The average molecular weight is 306 g/mol. The van der Waals surface area contributed by atoms with Crippen LogP contribution in [-0.4, -0.2) is 22.6 Å². The van der Waals surface area contributed by atoms with Crippen molar-refractivity contribution in [3.8, 4) is 11.8 Å². The molecule has 2 heterocycles. The monoisotopic (exact) mass is 306 g/mol. The topological polar surface area (TPSA) is 62.2 Å². The molecule has 0 saturated carbocycles. The number of rotatable bonds is 3. The van der Waals surface area contributed by atoms with Gasteiger partial charge in [-0.3, -0.25) is 10.1 Å². The maximum atomic E-state index is 12.1. The van der Waals surface area contributed by atoms with Crippen LogP contribution >= 0.6 is 22.7 Å². The summed E-state index contributed by atoms with van der Waals surface area (Å²) in [6.45, 7) is 3.94. The highest BCUT2D eigenvalue weighted by molar-refractivity contribution is 7.15. The van der Waals surface area contributed by atoms with Gasteiger partial charge in [0.1, 0.15) is 0 Å². The zero-order valence-corrected chi connectivity index (χ0v) is 12.8. The van der Waals surface area contributed by atoms with Gasteiger partial charge < -0.3 is 5.11 Å². The van der Waals surface area contributed by atoms with Crippen molar-refractivity contribution in [2.45, 2.75) is 20.3 Å². The second kappa shape index (κ2) is 6.66. The van der Waals surface area contributed by atoms with Crippen molar-refractivity contribution in [3.63, 3.8) is 0 Å². The van der Waals surface area contributed by atoms with Crippen LogP contribution in [0.5, 0.6) is 0 Å². The van der Waals surface area contributed by atoms with Crippen molar-refractivity contribution in [3.05, 3.63) is 32.5 Å². The standard InChI is InChI=1S/C14H14N2O2S2/c1-9-10(2)20-14(15-9)16-13(18)11-7-12(19-8-11)5-3-4-6-17/h7-8,17H,4,6H2,1-2H3,(H,15,16,18). The zero-order chi connectivity index (χ0) is 14.5. The van der Waals surface area contributed by atoms with Crippen LogP contribution in [0.1, 0.15) is 32.2 Å². The van der Waals surface area contributed by atoms with Gasteiger partial charge in [0.2, 0.25) is 0 Å². The molecule has 2 N–H and O–H groups in total. The molecular weight excluding hydrogens is 292 g/mol. The highest BCUT2D eigenvalue weighted by atomic mass is 32.1. The first-order valence-electron chi connectivity index (χ1n) is 6.04. The summed E-state index contributed by atoms with van der Waals surface area (Å²) in [5, 5.41) is 13.8. The van der Waals surface area contributed by atoms with E-state index >= 15 is 0 Å². The molecule has 0 aliphatic rings. The highest BCUT2D eigenvalue weighted by Gasteiger charge is 2.11. The number of aryl methyl sites for hydroxylation is 2. The van der Waals surface area contributed by atoms with Crippen LogP contribution < -0.4 is 5.32 Å². The average Bonchev–Trinajstić information content (AvgIpc) is 2.98. The van der Waals surface area contributed by atoms with E-state index in [9.17, 15) is 4.79 Å². The number of nitrogens with zero attached hydrogens (tertiary/aromatic N) is 1. The minimum atomic E-state index is -0.176. The number of carbonyl (C=O) groups excluding carboxylic acids is 1. The Morgan fingerprint density at radius 1 is 1.50 bits per heavy atom. The van der Waals surface area contributed by atoms with E-state index in [1.54, 1.807) is 11.4 Å². The smallest absolute Gasteiger partial charge is 0.258 e. The SMILES string of the molecule is Cc1nc(NC(=O)c2csc(C#CCCO)c2)sc1C. The Morgan fingerprint density at radius 3 is 2.95 bits per heavy atom. The van der Waals surface area contributed by atoms with Crippen molar-refractivity contribution in [1.82, 2.24) is 4.98 Å². The lowest BCUT2D eigenvalue weighted by Crippen LogP contribution is -2.10. The molecule has 0 radical (unpaired) electrons. The Labute approximate surface area is 125 Å². The van der Waals surface area contributed by atoms with Gasteiger partial charge in [0, 0.05) is 16.7 Å². The number of nitrogens with one attached hydrogen (secondary N) is 1. The van der Waals surface area contributed by atoms with Crippen molar-refractivity contribution in [2.24, 2.45) is 0 Å². The van der Waals surface area contributed by atoms with E-state index in [0.717, 1.165) is 15.4 Å². The first-order valence-corrected chi connectivity index (χ1v) is 7.73. The number of hydrogen-bond donors (Lipinski definition) is 2. The van der Waals surface area contributed by atoms with Crippen LogP contribution in [0, 0.1) is 25.7 Å². The first kappa shape index (κ1) is 14.7. The Kier molecular flexibility index (Phi) is 4.90. The predicted molar refractivity (Wildman–Crippen MR) is 82.4 cm³/mol. The summed E-state index contributed by atoms with van der Waals surface area (Å²) in [7, 11) is 0. The van der Waals surface area contributed by atoms with E-state index in [2.05, 4.69) is 22.1 Å². The minimum Gasteiger partial charge on any atom is -0.395 e. The van der Waals surface area contributed by atoms with Gasteiger partial charge in [-0.05, 0) is 19.9 Å². The molecule has 4 nitrogen and oxygen atoms in total. The van der Waals surface area contributed by atoms with Crippen molar-refractivity contribution >= 4 is 33.7 Å². The molecule has 1 amide bonds. The van der Waals surface area contributed by atoms with Crippen molar-refractivity contribution in [2.75, 3.05) is 11.9 Å². The number of amides is 1. The number of aromatic nitrogens is 1. The molecule has 104 valence electrons. The van der Waals surface area contributed by atoms with Gasteiger partial charge in [-0.1, -0.05) is 11.8 Å². The van der Waals surface area contributed by atoms with Crippen LogP contribution in [0.2, 0.25) is 0 Å². The number of thiazole rings is 1. The molecule has 0 unspecified atom stereocenters. The first-order chi connectivity index (χ1) is 9.60. The second-order valence-electron chi connectivity index (χ2n) is 4.09. The molecule has 20 heavy (non-hydrogen) atoms. The summed E-state index contributed by atoms with van der Waals surface area (Å²) in [5.74, 6) is 5.57. The van der Waals surface area contributed by atoms with E-state index < -0.39 is 0 Å². The van der Waals surface area contributed by atoms with Crippen molar-refractivity contribution in [1.29, 1.82) is 0 Å². The third-order valence-electron chi connectivity index (χ3n) is 2.56. The number of aliphatic hydroxyl groups is 1. The number of anilines is 1. The molecule has 0 bridgehead atoms. The number of thiophene rings is 1. The van der Waals surface area contributed by atoms with E-state index in [0.29, 0.717) is 17.1 Å². The van der Waals surface area contributed by atoms with Gasteiger partial charge in [-0.2, -0.15) is 0 Å². The van der Waals surface area contributed by atoms with Crippen LogP contribution in [0.15, 0.2) is 11.4 Å². The molecule has 0 saturated heterocycles. The second-order valence-corrected chi connectivity index (χ2v) is 6.20. The van der Waals surface area contributed by atoms with Gasteiger partial charge in [-0.25, -0.2) is 4.98 Å². The van der Waals surface area contributed by atoms with E-state index in [4.69, 9.17) is 5.11 Å². The molecule has 2 aromatic heterocycles. The zero-order valence-electron chi connectivity index (χ0n) is 11.2. The molecule has 2 aromatic rings. The van der Waals surface area contributed by atoms with Gasteiger partial charge in [0.15, 0.2) is 5.13 Å². The molecule has 0 fully saturated rings. The summed E-state index contributed by atoms with van der Waals surface area (Å²) in [5.41, 5.74) is 1.51. The fourth-order valence-electron chi connectivity index (χ4n) is 1.42. The lowest BCUT2D eigenvalue weighted by molar-refractivity contribution is 0.102. The molecule has 0 aliphatic heterocycles. The Bertz CT molecular complexity index is 657. The third kappa shape index (κ3) is 3.67. The van der Waals surface area contributed by atoms with E-state index in [1.807, 2.05) is 13.8 Å². The third-order valence-corrected chi connectivity index (χ3v) is 4.39. The predicted octanol–water partition coefficient (Wildman–Crippen LogP) is 2.81. The minimum absolute atomic E-state index is 0.0501. The normalized spacial score (nSPS) is 9.95. The largest absolute Gasteiger partial charge is 0.395 e. The summed E-state index contributed by atoms with van der Waals surface area (Å²) >= 11 is 2.88. The molecule has 0 aromatic carbocycles. The highest BCUT2D eigenvalue weighted by Crippen LogP contribution is 2.22. The summed E-state index contributed by atoms with van der Waals surface area (Å²) in [4.78, 5) is 18.2. The number of hydrogen-bond acceptors (Lipinski definition) is 5. The summed E-state index contributed by atoms with van der Waals surface area (Å²) in [6.07, 6.45) is 0.442. The molecular formula is C14H14N2O2S2. The van der Waals surface area contributed by atoms with Gasteiger partial charge in [0.05, 0.1) is 22.7 Å². The van der Waals surface area contributed by atoms with E-state index in [1.165, 1.54) is 22.7 Å². The number of aliphatic hydroxyl groups excluding tert-OH is 1. The Morgan fingerprint density at radius 2 is 2.30 bits per heavy atom. The maximum Gasteiger partial charge on any atom is 0.258 e. The van der Waals surface area contributed by atoms with E-state index in [-0.39, 0.29) is 12.5 Å². The van der Waals surface area contributed by atoms with Crippen LogP contribution in [0.25, 0.3) is 0 Å². The maximum absolute atomic E-state index is 12.1. The quantitative estimate of drug-likeness (QED) is 0.857. The number of carbonyl (C=O) groups is 1. The van der Waals surface area contributed by atoms with Gasteiger partial charge >= 0.3 is 0 Å². The van der Waals surface area contributed by atoms with Gasteiger partial charge in [-0.15, -0.1) is 22.7 Å². The molecule has 0 spiro atoms. The molecule has 6 heteroatoms. The van der Waals surface area contributed by atoms with Gasteiger partial charge in [0.25, 0.3) is 5.91 Å². The Balaban J connectivity index is 2.05. The van der Waals surface area contributed by atoms with Crippen LogP contribution in [-0.2, 0) is 0 Å². The van der Waals surface area contributed by atoms with Crippen LogP contribution in [0.3, 0.4) is 0 Å². The molecule has 2 rings (SSSR count). The van der Waals surface area contributed by atoms with Crippen LogP contribution in [0.4, 0.5) is 5.13 Å². The lowest BCUT2D eigenvalue weighted by Gasteiger charge is -1.97.